The quantitative estimate of drug-likeness (QED) is 0.860. The molecule has 20 heavy (non-hydrogen) atoms. The van der Waals surface area contributed by atoms with E-state index in [9.17, 15) is 0 Å². The number of halogens is 1. The molecule has 0 radical (unpaired) electrons. The molecule has 2 aliphatic rings. The van der Waals surface area contributed by atoms with Crippen LogP contribution in [0.1, 0.15) is 37.8 Å². The molecular formula is C17H24ClNO. The van der Waals surface area contributed by atoms with Crippen LogP contribution in [0.3, 0.4) is 0 Å². The van der Waals surface area contributed by atoms with Gasteiger partial charge in [0.05, 0.1) is 6.61 Å². The second kappa shape index (κ2) is 5.95. The zero-order valence-corrected chi connectivity index (χ0v) is 13.2. The van der Waals surface area contributed by atoms with Crippen molar-refractivity contribution in [3.8, 4) is 5.75 Å². The fourth-order valence-corrected chi connectivity index (χ4v) is 3.65. The van der Waals surface area contributed by atoms with Crippen LogP contribution in [0.5, 0.6) is 5.75 Å². The summed E-state index contributed by atoms with van der Waals surface area (Å²) in [4.78, 5) is 0. The van der Waals surface area contributed by atoms with E-state index in [1.54, 1.807) is 0 Å². The Hall–Kier alpha value is -0.730. The molecular weight excluding hydrogens is 270 g/mol. The number of likely N-dealkylation sites (N-methyl/N-ethyl adjacent to an activating group) is 1. The molecule has 1 aromatic carbocycles. The molecule has 2 atom stereocenters. The molecule has 3 rings (SSSR count). The van der Waals surface area contributed by atoms with Gasteiger partial charge in [-0.1, -0.05) is 25.4 Å². The van der Waals surface area contributed by atoms with Gasteiger partial charge >= 0.3 is 0 Å². The highest BCUT2D eigenvalue weighted by atomic mass is 35.5. The van der Waals surface area contributed by atoms with E-state index in [0.29, 0.717) is 6.04 Å². The summed E-state index contributed by atoms with van der Waals surface area (Å²) in [5.74, 6) is 2.73. The van der Waals surface area contributed by atoms with Crippen molar-refractivity contribution < 1.29 is 4.74 Å². The minimum atomic E-state index is 0.527. The van der Waals surface area contributed by atoms with Crippen molar-refractivity contribution in [1.29, 1.82) is 0 Å². The van der Waals surface area contributed by atoms with Gasteiger partial charge in [-0.15, -0.1) is 0 Å². The van der Waals surface area contributed by atoms with Crippen molar-refractivity contribution in [3.05, 3.63) is 28.3 Å². The standard InChI is InChI=1S/C17H24ClNO/c1-3-19-16(11(2)12-4-5-12)10-14-9-15(18)8-13-6-7-20-17(13)14/h8-9,11-12,16,19H,3-7,10H2,1-2H3. The third kappa shape index (κ3) is 2.96. The predicted molar refractivity (Wildman–Crippen MR) is 83.7 cm³/mol. The Morgan fingerprint density at radius 3 is 2.90 bits per heavy atom. The van der Waals surface area contributed by atoms with Crippen LogP contribution in [-0.2, 0) is 12.8 Å². The number of nitrogens with one attached hydrogen (secondary N) is 1. The molecule has 1 fully saturated rings. The zero-order chi connectivity index (χ0) is 14.1. The van der Waals surface area contributed by atoms with Gasteiger partial charge in [0, 0.05) is 17.5 Å². The first-order chi connectivity index (χ1) is 9.69. The summed E-state index contributed by atoms with van der Waals surface area (Å²) in [6.07, 6.45) is 4.81. The molecule has 1 N–H and O–H groups in total. The van der Waals surface area contributed by atoms with E-state index >= 15 is 0 Å². The van der Waals surface area contributed by atoms with E-state index in [0.717, 1.165) is 48.6 Å². The Balaban J connectivity index is 1.81. The Kier molecular flexibility index (Phi) is 4.23. The highest BCUT2D eigenvalue weighted by Crippen LogP contribution is 2.40. The van der Waals surface area contributed by atoms with Gasteiger partial charge in [0.1, 0.15) is 5.75 Å². The largest absolute Gasteiger partial charge is 0.493 e. The topological polar surface area (TPSA) is 21.3 Å². The Labute approximate surface area is 126 Å². The van der Waals surface area contributed by atoms with Gasteiger partial charge in [0.15, 0.2) is 0 Å². The highest BCUT2D eigenvalue weighted by Gasteiger charge is 2.33. The van der Waals surface area contributed by atoms with E-state index in [1.807, 2.05) is 0 Å². The Morgan fingerprint density at radius 1 is 1.40 bits per heavy atom. The van der Waals surface area contributed by atoms with Crippen LogP contribution in [0, 0.1) is 11.8 Å². The normalized spacial score (nSPS) is 20.4. The predicted octanol–water partition coefficient (Wildman–Crippen LogP) is 3.84. The molecule has 1 heterocycles. The minimum absolute atomic E-state index is 0.527. The second-order valence-electron chi connectivity index (χ2n) is 6.22. The Bertz CT molecular complexity index is 484. The number of hydrogen-bond acceptors (Lipinski definition) is 2. The first-order valence-electron chi connectivity index (χ1n) is 7.86. The van der Waals surface area contributed by atoms with Gasteiger partial charge in [0.25, 0.3) is 0 Å². The lowest BCUT2D eigenvalue weighted by Crippen LogP contribution is -2.37. The lowest BCUT2D eigenvalue weighted by Gasteiger charge is -2.25. The molecule has 1 aromatic rings. The van der Waals surface area contributed by atoms with Crippen molar-refractivity contribution in [3.63, 3.8) is 0 Å². The molecule has 1 aliphatic heterocycles. The highest BCUT2D eigenvalue weighted by molar-refractivity contribution is 6.30. The van der Waals surface area contributed by atoms with Crippen LogP contribution in [0.15, 0.2) is 12.1 Å². The van der Waals surface area contributed by atoms with Crippen molar-refractivity contribution in [2.24, 2.45) is 11.8 Å². The van der Waals surface area contributed by atoms with Crippen LogP contribution in [0.25, 0.3) is 0 Å². The first-order valence-corrected chi connectivity index (χ1v) is 8.24. The molecule has 2 nitrogen and oxygen atoms in total. The molecule has 3 heteroatoms. The van der Waals surface area contributed by atoms with E-state index in [-0.39, 0.29) is 0 Å². The first kappa shape index (κ1) is 14.2. The fourth-order valence-electron chi connectivity index (χ4n) is 3.39. The van der Waals surface area contributed by atoms with Gasteiger partial charge in [-0.2, -0.15) is 0 Å². The lowest BCUT2D eigenvalue weighted by atomic mass is 9.90. The lowest BCUT2D eigenvalue weighted by molar-refractivity contribution is 0.329. The van der Waals surface area contributed by atoms with Crippen LogP contribution in [-0.4, -0.2) is 19.2 Å². The number of hydrogen-bond donors (Lipinski definition) is 1. The zero-order valence-electron chi connectivity index (χ0n) is 12.4. The molecule has 110 valence electrons. The molecule has 0 saturated heterocycles. The molecule has 1 aliphatic carbocycles. The smallest absolute Gasteiger partial charge is 0.125 e. The summed E-state index contributed by atoms with van der Waals surface area (Å²) in [5, 5.41) is 4.51. The maximum Gasteiger partial charge on any atom is 0.125 e. The van der Waals surface area contributed by atoms with E-state index in [1.165, 1.54) is 24.0 Å². The third-order valence-corrected chi connectivity index (χ3v) is 4.95. The summed E-state index contributed by atoms with van der Waals surface area (Å²) >= 11 is 6.27. The average Bonchev–Trinajstić information content (AvgIpc) is 3.16. The fraction of sp³-hybridized carbons (Fsp3) is 0.647. The number of rotatable bonds is 6. The number of fused-ring (bicyclic) bond motifs is 1. The van der Waals surface area contributed by atoms with Crippen LogP contribution < -0.4 is 10.1 Å². The maximum absolute atomic E-state index is 6.27. The summed E-state index contributed by atoms with van der Waals surface area (Å²) in [6.45, 7) is 6.39. The maximum atomic E-state index is 6.27. The summed E-state index contributed by atoms with van der Waals surface area (Å²) < 4.78 is 5.83. The van der Waals surface area contributed by atoms with Crippen LogP contribution >= 0.6 is 11.6 Å². The summed E-state index contributed by atoms with van der Waals surface area (Å²) in [7, 11) is 0. The van der Waals surface area contributed by atoms with Crippen molar-refractivity contribution in [2.75, 3.05) is 13.2 Å². The minimum Gasteiger partial charge on any atom is -0.493 e. The Morgan fingerprint density at radius 2 is 2.20 bits per heavy atom. The molecule has 0 spiro atoms. The van der Waals surface area contributed by atoms with Gasteiger partial charge in [-0.25, -0.2) is 0 Å². The molecule has 2 unspecified atom stereocenters. The van der Waals surface area contributed by atoms with Crippen LogP contribution in [0.4, 0.5) is 0 Å². The summed E-state index contributed by atoms with van der Waals surface area (Å²) in [6, 6.07) is 4.68. The monoisotopic (exact) mass is 293 g/mol. The van der Waals surface area contributed by atoms with Gasteiger partial charge in [-0.3, -0.25) is 0 Å². The number of benzene rings is 1. The van der Waals surface area contributed by atoms with Gasteiger partial charge in [-0.05, 0) is 60.9 Å². The van der Waals surface area contributed by atoms with Crippen LogP contribution in [0.2, 0.25) is 5.02 Å². The van der Waals surface area contributed by atoms with E-state index < -0.39 is 0 Å². The summed E-state index contributed by atoms with van der Waals surface area (Å²) in [5.41, 5.74) is 2.56. The SMILES string of the molecule is CCNC(Cc1cc(Cl)cc2c1OCC2)C(C)C1CC1. The average molecular weight is 294 g/mol. The molecule has 0 bridgehead atoms. The van der Waals surface area contributed by atoms with Crippen molar-refractivity contribution in [1.82, 2.24) is 5.32 Å². The van der Waals surface area contributed by atoms with Gasteiger partial charge < -0.3 is 10.1 Å². The number of ether oxygens (including phenoxy) is 1. The molecule has 0 aromatic heterocycles. The van der Waals surface area contributed by atoms with Crippen molar-refractivity contribution in [2.45, 2.75) is 45.6 Å². The third-order valence-electron chi connectivity index (χ3n) is 4.73. The van der Waals surface area contributed by atoms with Crippen molar-refractivity contribution >= 4 is 11.6 Å². The van der Waals surface area contributed by atoms with Gasteiger partial charge in [0.2, 0.25) is 0 Å². The molecule has 1 saturated carbocycles. The second-order valence-corrected chi connectivity index (χ2v) is 6.65. The van der Waals surface area contributed by atoms with E-state index in [4.69, 9.17) is 16.3 Å². The molecule has 0 amide bonds. The van der Waals surface area contributed by atoms with E-state index in [2.05, 4.69) is 31.3 Å².